The van der Waals surface area contributed by atoms with Gasteiger partial charge in [0.05, 0.1) is 28.6 Å². The third-order valence-electron chi connectivity index (χ3n) is 1.74. The Balaban J connectivity index is 2.96. The van der Waals surface area contributed by atoms with Crippen molar-refractivity contribution in [3.05, 3.63) is 18.2 Å². The standard InChI is InChI=1S/C9H11F2NO2S/c1-14-6-2-3-7(12)8(4-6)15(13)5-9(10)11/h2-4,9H,5,12H2,1H3. The Bertz CT molecular complexity index is 371. The summed E-state index contributed by atoms with van der Waals surface area (Å²) < 4.78 is 40.4. The lowest BCUT2D eigenvalue weighted by Crippen LogP contribution is -2.09. The molecular weight excluding hydrogens is 224 g/mol. The minimum absolute atomic E-state index is 0.189. The molecule has 0 aliphatic carbocycles. The van der Waals surface area contributed by atoms with E-state index >= 15 is 0 Å². The maximum absolute atomic E-state index is 12.0. The summed E-state index contributed by atoms with van der Waals surface area (Å²) in [5.74, 6) is -0.265. The molecule has 0 spiro atoms. The Morgan fingerprint density at radius 1 is 1.53 bits per heavy atom. The molecule has 0 aliphatic rings. The first-order chi connectivity index (χ1) is 7.04. The summed E-state index contributed by atoms with van der Waals surface area (Å²) in [6, 6.07) is 4.48. The van der Waals surface area contributed by atoms with Gasteiger partial charge >= 0.3 is 0 Å². The SMILES string of the molecule is COc1ccc(N)c(S(=O)CC(F)F)c1. The smallest absolute Gasteiger partial charge is 0.250 e. The minimum atomic E-state index is -2.61. The molecule has 6 heteroatoms. The highest BCUT2D eigenvalue weighted by molar-refractivity contribution is 7.85. The molecule has 0 radical (unpaired) electrons. The van der Waals surface area contributed by atoms with Crippen molar-refractivity contribution in [3.63, 3.8) is 0 Å². The third kappa shape index (κ3) is 3.16. The molecule has 0 saturated carbocycles. The van der Waals surface area contributed by atoms with E-state index < -0.39 is 23.0 Å². The molecule has 3 nitrogen and oxygen atoms in total. The highest BCUT2D eigenvalue weighted by Crippen LogP contribution is 2.23. The van der Waals surface area contributed by atoms with Gasteiger partial charge in [0.2, 0.25) is 6.43 Å². The van der Waals surface area contributed by atoms with Crippen LogP contribution in [0.15, 0.2) is 23.1 Å². The molecule has 0 heterocycles. The summed E-state index contributed by atoms with van der Waals surface area (Å²) in [7, 11) is -0.356. The third-order valence-corrected chi connectivity index (χ3v) is 3.14. The number of methoxy groups -OCH3 is 1. The fourth-order valence-electron chi connectivity index (χ4n) is 1.04. The molecule has 2 N–H and O–H groups in total. The number of anilines is 1. The van der Waals surface area contributed by atoms with E-state index in [2.05, 4.69) is 0 Å². The predicted octanol–water partition coefficient (Wildman–Crippen LogP) is 1.65. The van der Waals surface area contributed by atoms with Gasteiger partial charge in [-0.05, 0) is 18.2 Å². The quantitative estimate of drug-likeness (QED) is 0.807. The molecule has 1 unspecified atom stereocenters. The van der Waals surface area contributed by atoms with E-state index in [1.807, 2.05) is 0 Å². The van der Waals surface area contributed by atoms with E-state index in [4.69, 9.17) is 10.5 Å². The van der Waals surface area contributed by atoms with Crippen molar-refractivity contribution in [1.29, 1.82) is 0 Å². The number of nitrogen functional groups attached to an aromatic ring is 1. The molecule has 84 valence electrons. The van der Waals surface area contributed by atoms with Crippen molar-refractivity contribution in [3.8, 4) is 5.75 Å². The molecule has 1 atom stereocenters. The van der Waals surface area contributed by atoms with Gasteiger partial charge in [0.1, 0.15) is 5.75 Å². The molecule has 1 aromatic rings. The van der Waals surface area contributed by atoms with Crippen LogP contribution in [-0.4, -0.2) is 23.5 Å². The number of benzene rings is 1. The summed E-state index contributed by atoms with van der Waals surface area (Å²) in [5.41, 5.74) is 5.76. The molecule has 0 aromatic heterocycles. The first kappa shape index (κ1) is 11.9. The number of rotatable bonds is 4. The van der Waals surface area contributed by atoms with Crippen LogP contribution >= 0.6 is 0 Å². The van der Waals surface area contributed by atoms with E-state index in [0.29, 0.717) is 5.75 Å². The molecule has 0 bridgehead atoms. The van der Waals surface area contributed by atoms with Gasteiger partial charge in [0, 0.05) is 5.69 Å². The Hall–Kier alpha value is -1.17. The second-order valence-electron chi connectivity index (χ2n) is 2.81. The van der Waals surface area contributed by atoms with E-state index in [9.17, 15) is 13.0 Å². The van der Waals surface area contributed by atoms with Gasteiger partial charge in [-0.3, -0.25) is 4.21 Å². The van der Waals surface area contributed by atoms with Crippen molar-refractivity contribution < 1.29 is 17.7 Å². The zero-order chi connectivity index (χ0) is 11.4. The second-order valence-corrected chi connectivity index (χ2v) is 4.27. The van der Waals surface area contributed by atoms with Gasteiger partial charge in [-0.25, -0.2) is 8.78 Å². The average molecular weight is 235 g/mol. The first-order valence-corrected chi connectivity index (χ1v) is 5.46. The van der Waals surface area contributed by atoms with Gasteiger partial charge in [-0.2, -0.15) is 0 Å². The van der Waals surface area contributed by atoms with Crippen molar-refractivity contribution in [1.82, 2.24) is 0 Å². The summed E-state index contributed by atoms with van der Waals surface area (Å²) in [5, 5.41) is 0. The van der Waals surface area contributed by atoms with Crippen molar-refractivity contribution in [2.75, 3.05) is 18.6 Å². The van der Waals surface area contributed by atoms with Crippen LogP contribution in [0.2, 0.25) is 0 Å². The van der Waals surface area contributed by atoms with Crippen molar-refractivity contribution in [2.24, 2.45) is 0 Å². The molecule has 15 heavy (non-hydrogen) atoms. The predicted molar refractivity (Wildman–Crippen MR) is 54.7 cm³/mol. The Morgan fingerprint density at radius 3 is 2.73 bits per heavy atom. The van der Waals surface area contributed by atoms with Gasteiger partial charge in [-0.1, -0.05) is 0 Å². The monoisotopic (exact) mass is 235 g/mol. The largest absolute Gasteiger partial charge is 0.497 e. The zero-order valence-corrected chi connectivity index (χ0v) is 8.89. The molecular formula is C9H11F2NO2S. The molecule has 1 aromatic carbocycles. The lowest BCUT2D eigenvalue weighted by atomic mass is 10.3. The highest BCUT2D eigenvalue weighted by Gasteiger charge is 2.14. The number of alkyl halides is 2. The van der Waals surface area contributed by atoms with E-state index in [0.717, 1.165) is 0 Å². The fraction of sp³-hybridized carbons (Fsp3) is 0.333. The molecule has 0 aliphatic heterocycles. The summed E-state index contributed by atoms with van der Waals surface area (Å²) in [6.07, 6.45) is -2.61. The molecule has 0 fully saturated rings. The van der Waals surface area contributed by atoms with Crippen LogP contribution in [0, 0.1) is 0 Å². The summed E-state index contributed by atoms with van der Waals surface area (Å²) in [4.78, 5) is 0.189. The second kappa shape index (κ2) is 5.06. The Labute approximate surface area is 88.7 Å². The van der Waals surface area contributed by atoms with E-state index in [1.54, 1.807) is 6.07 Å². The zero-order valence-electron chi connectivity index (χ0n) is 8.07. The lowest BCUT2D eigenvalue weighted by Gasteiger charge is -2.07. The number of halogens is 2. The lowest BCUT2D eigenvalue weighted by molar-refractivity contribution is 0.175. The van der Waals surface area contributed by atoms with Crippen LogP contribution in [0.1, 0.15) is 0 Å². The van der Waals surface area contributed by atoms with Gasteiger partial charge in [0.25, 0.3) is 0 Å². The van der Waals surface area contributed by atoms with E-state index in [-0.39, 0.29) is 10.6 Å². The van der Waals surface area contributed by atoms with Crippen LogP contribution < -0.4 is 10.5 Å². The van der Waals surface area contributed by atoms with Crippen LogP contribution in [0.5, 0.6) is 5.75 Å². The minimum Gasteiger partial charge on any atom is -0.497 e. The number of nitrogens with two attached hydrogens (primary N) is 1. The average Bonchev–Trinajstić information content (AvgIpc) is 2.17. The topological polar surface area (TPSA) is 52.3 Å². The van der Waals surface area contributed by atoms with E-state index in [1.165, 1.54) is 19.2 Å². The van der Waals surface area contributed by atoms with Crippen LogP contribution in [0.3, 0.4) is 0 Å². The van der Waals surface area contributed by atoms with Crippen molar-refractivity contribution >= 4 is 16.5 Å². The Morgan fingerprint density at radius 2 is 2.20 bits per heavy atom. The number of hydrogen-bond acceptors (Lipinski definition) is 3. The fourth-order valence-corrected chi connectivity index (χ4v) is 2.03. The van der Waals surface area contributed by atoms with Crippen LogP contribution in [0.25, 0.3) is 0 Å². The van der Waals surface area contributed by atoms with Gasteiger partial charge in [0.15, 0.2) is 0 Å². The molecule has 0 saturated heterocycles. The maximum Gasteiger partial charge on any atom is 0.250 e. The van der Waals surface area contributed by atoms with Crippen LogP contribution in [-0.2, 0) is 10.8 Å². The molecule has 1 rings (SSSR count). The maximum atomic E-state index is 12.0. The normalized spacial score (nSPS) is 12.8. The first-order valence-electron chi connectivity index (χ1n) is 4.14. The summed E-state index contributed by atoms with van der Waals surface area (Å²) >= 11 is 0. The van der Waals surface area contributed by atoms with Gasteiger partial charge < -0.3 is 10.5 Å². The highest BCUT2D eigenvalue weighted by atomic mass is 32.2. The van der Waals surface area contributed by atoms with Crippen molar-refractivity contribution in [2.45, 2.75) is 11.3 Å². The number of ether oxygens (including phenoxy) is 1. The van der Waals surface area contributed by atoms with Gasteiger partial charge in [-0.15, -0.1) is 0 Å². The summed E-state index contributed by atoms with van der Waals surface area (Å²) in [6.45, 7) is 0. The molecule has 0 amide bonds. The Kier molecular flexibility index (Phi) is 4.02. The van der Waals surface area contributed by atoms with Crippen LogP contribution in [0.4, 0.5) is 14.5 Å². The number of hydrogen-bond donors (Lipinski definition) is 1.